The van der Waals surface area contributed by atoms with Crippen LogP contribution in [0.4, 0.5) is 11.8 Å². The second-order valence-corrected chi connectivity index (χ2v) is 9.82. The fourth-order valence-corrected chi connectivity index (χ4v) is 5.24. The molecule has 3 heterocycles. The Bertz CT molecular complexity index is 1100. The monoisotopic (exact) mass is 435 g/mol. The van der Waals surface area contributed by atoms with Crippen molar-refractivity contribution in [3.8, 4) is 0 Å². The molecule has 1 unspecified atom stereocenters. The molecule has 1 fully saturated rings. The molecule has 2 aliphatic rings. The highest BCUT2D eigenvalue weighted by Crippen LogP contribution is 2.31. The van der Waals surface area contributed by atoms with Crippen LogP contribution in [0.2, 0.25) is 0 Å². The number of hydrogen-bond donors (Lipinski definition) is 2. The van der Waals surface area contributed by atoms with Gasteiger partial charge >= 0.3 is 0 Å². The van der Waals surface area contributed by atoms with Crippen LogP contribution in [0.3, 0.4) is 0 Å². The van der Waals surface area contributed by atoms with E-state index in [1.54, 1.807) is 0 Å². The second kappa shape index (κ2) is 8.27. The average Bonchev–Trinajstić information content (AvgIpc) is 2.92. The van der Waals surface area contributed by atoms with E-state index in [0.29, 0.717) is 56.7 Å². The fourth-order valence-electron chi connectivity index (χ4n) is 3.98. The van der Waals surface area contributed by atoms with Gasteiger partial charge in [0.25, 0.3) is 0 Å². The Labute approximate surface area is 185 Å². The fraction of sp³-hybridized carbons (Fsp3) is 0.348. The molecule has 0 amide bonds. The average molecular weight is 436 g/mol. The zero-order valence-electron chi connectivity index (χ0n) is 17.2. The van der Waals surface area contributed by atoms with E-state index in [1.807, 2.05) is 42.5 Å². The normalized spacial score (nSPS) is 20.1. The highest BCUT2D eigenvalue weighted by atomic mass is 32.2. The summed E-state index contributed by atoms with van der Waals surface area (Å²) in [5.41, 5.74) is 8.42. The second-order valence-electron chi connectivity index (χ2n) is 8.28. The van der Waals surface area contributed by atoms with Crippen molar-refractivity contribution in [1.29, 1.82) is 0 Å². The van der Waals surface area contributed by atoms with Gasteiger partial charge in [0.15, 0.2) is 4.90 Å². The first-order valence-electron chi connectivity index (χ1n) is 10.4. The van der Waals surface area contributed by atoms with Gasteiger partial charge in [-0.05, 0) is 41.9 Å². The lowest BCUT2D eigenvalue weighted by Crippen LogP contribution is -2.52. The van der Waals surface area contributed by atoms with E-state index in [9.17, 15) is 4.55 Å². The number of nitrogens with two attached hydrogens (primary N) is 1. The van der Waals surface area contributed by atoms with E-state index in [4.69, 9.17) is 27.4 Å². The number of nitrogens with zero attached hydrogens (tertiary/aromatic N) is 3. The summed E-state index contributed by atoms with van der Waals surface area (Å²) in [6.45, 7) is 9.76. The molecule has 5 rings (SSSR count). The van der Waals surface area contributed by atoms with Crippen LogP contribution in [0.5, 0.6) is 0 Å². The molecule has 1 saturated heterocycles. The summed E-state index contributed by atoms with van der Waals surface area (Å²) < 4.78 is 18.1. The maximum Gasteiger partial charge on any atom is 0.228 e. The third kappa shape index (κ3) is 3.96. The van der Waals surface area contributed by atoms with Gasteiger partial charge in [0.2, 0.25) is 5.95 Å². The summed E-state index contributed by atoms with van der Waals surface area (Å²) in [6, 6.07) is 13.5. The molecule has 0 bridgehead atoms. The molecule has 0 saturated carbocycles. The lowest BCUT2D eigenvalue weighted by Gasteiger charge is -2.40. The van der Waals surface area contributed by atoms with Gasteiger partial charge in [-0.2, -0.15) is 4.98 Å². The first-order valence-corrected chi connectivity index (χ1v) is 11.7. The standard InChI is InChI=1S/C23H25N5O2S/c1-16-6-7-19-18(10-16)21(25-13-23(12-24)14-30-15-23)27-22(26-19)28-8-9-31(29)20-5-3-2-4-17(20)11-28/h1-7,10H,8-9,11-15,24H2,(H,25,26,27). The van der Waals surface area contributed by atoms with Gasteiger partial charge in [-0.3, -0.25) is 0 Å². The molecular formula is C23H25N5O2S. The molecule has 1 aromatic heterocycles. The minimum absolute atomic E-state index is 0.0732. The molecule has 2 radical (unpaired) electrons. The maximum atomic E-state index is 12.7. The first-order chi connectivity index (χ1) is 15.1. The predicted molar refractivity (Wildman–Crippen MR) is 123 cm³/mol. The minimum atomic E-state index is -1.03. The number of benzene rings is 2. The van der Waals surface area contributed by atoms with Gasteiger partial charge < -0.3 is 25.2 Å². The Kier molecular flexibility index (Phi) is 5.47. The van der Waals surface area contributed by atoms with Crippen LogP contribution in [0.25, 0.3) is 10.9 Å². The van der Waals surface area contributed by atoms with Crippen LogP contribution in [0.15, 0.2) is 47.4 Å². The summed E-state index contributed by atoms with van der Waals surface area (Å²) in [4.78, 5) is 12.7. The summed E-state index contributed by atoms with van der Waals surface area (Å²) in [5, 5.41) is 4.35. The van der Waals surface area contributed by atoms with E-state index in [0.717, 1.165) is 27.2 Å². The third-order valence-corrected chi connectivity index (χ3v) is 7.44. The molecule has 0 aliphatic carbocycles. The molecule has 1 atom stereocenters. The van der Waals surface area contributed by atoms with Crippen molar-refractivity contribution in [3.05, 3.63) is 60.5 Å². The topological polar surface area (TPSA) is 99.4 Å². The van der Waals surface area contributed by atoms with Crippen molar-refractivity contribution in [2.75, 3.05) is 48.8 Å². The van der Waals surface area contributed by atoms with Crippen LogP contribution < -0.4 is 16.0 Å². The molecule has 3 aromatic rings. The van der Waals surface area contributed by atoms with E-state index in [2.05, 4.69) is 10.2 Å². The lowest BCUT2D eigenvalue weighted by atomic mass is 9.86. The molecule has 3 N–H and O–H groups in total. The summed E-state index contributed by atoms with van der Waals surface area (Å²) in [7, 11) is 0. The molecule has 2 aromatic carbocycles. The summed E-state index contributed by atoms with van der Waals surface area (Å²) in [5.74, 6) is 1.88. The Balaban J connectivity index is 1.51. The number of hydrogen-bond acceptors (Lipinski definition) is 7. The molecule has 2 aliphatic heterocycles. The van der Waals surface area contributed by atoms with Crippen molar-refractivity contribution in [2.45, 2.75) is 11.4 Å². The number of rotatable bonds is 5. The van der Waals surface area contributed by atoms with Gasteiger partial charge in [0.05, 0.1) is 31.8 Å². The number of nitrogens with one attached hydrogen (secondary N) is 1. The van der Waals surface area contributed by atoms with Gasteiger partial charge in [-0.15, -0.1) is 0 Å². The highest BCUT2D eigenvalue weighted by molar-refractivity contribution is 7.91. The summed E-state index contributed by atoms with van der Waals surface area (Å²) in [6.07, 6.45) is 0. The largest absolute Gasteiger partial charge is 0.611 e. The molecule has 7 nitrogen and oxygen atoms in total. The quantitative estimate of drug-likeness (QED) is 0.593. The van der Waals surface area contributed by atoms with Gasteiger partial charge in [0.1, 0.15) is 11.6 Å². The van der Waals surface area contributed by atoms with Crippen molar-refractivity contribution in [1.82, 2.24) is 9.97 Å². The van der Waals surface area contributed by atoms with Crippen molar-refractivity contribution >= 4 is 33.8 Å². The van der Waals surface area contributed by atoms with Crippen LogP contribution in [-0.4, -0.2) is 53.1 Å². The Hall–Kier alpha value is -2.39. The predicted octanol–water partition coefficient (Wildman–Crippen LogP) is 2.20. The number of anilines is 2. The van der Waals surface area contributed by atoms with Crippen LogP contribution >= 0.6 is 0 Å². The smallest absolute Gasteiger partial charge is 0.228 e. The first kappa shape index (κ1) is 20.5. The molecule has 8 heteroatoms. The number of fused-ring (bicyclic) bond motifs is 2. The number of aromatic nitrogens is 2. The minimum Gasteiger partial charge on any atom is -0.611 e. The zero-order chi connectivity index (χ0) is 21.4. The molecule has 0 spiro atoms. The lowest BCUT2D eigenvalue weighted by molar-refractivity contribution is -0.0979. The van der Waals surface area contributed by atoms with E-state index in [-0.39, 0.29) is 5.41 Å². The third-order valence-electron chi connectivity index (χ3n) is 6.00. The number of ether oxygens (including phenoxy) is 1. The zero-order valence-corrected chi connectivity index (χ0v) is 18.0. The van der Waals surface area contributed by atoms with E-state index < -0.39 is 11.2 Å². The van der Waals surface area contributed by atoms with Crippen molar-refractivity contribution in [3.63, 3.8) is 0 Å². The van der Waals surface area contributed by atoms with E-state index >= 15 is 0 Å². The highest BCUT2D eigenvalue weighted by Gasteiger charge is 2.37. The van der Waals surface area contributed by atoms with Crippen molar-refractivity contribution in [2.24, 2.45) is 11.1 Å². The van der Waals surface area contributed by atoms with Gasteiger partial charge in [-0.1, -0.05) is 24.3 Å². The maximum absolute atomic E-state index is 12.7. The Morgan fingerprint density at radius 1 is 1.23 bits per heavy atom. The van der Waals surface area contributed by atoms with Gasteiger partial charge in [0, 0.05) is 29.5 Å². The molecule has 31 heavy (non-hydrogen) atoms. The van der Waals surface area contributed by atoms with E-state index in [1.165, 1.54) is 0 Å². The summed E-state index contributed by atoms with van der Waals surface area (Å²) >= 11 is -1.03. The van der Waals surface area contributed by atoms with Crippen LogP contribution in [0, 0.1) is 12.3 Å². The molecular weight excluding hydrogens is 410 g/mol. The molecule has 160 valence electrons. The van der Waals surface area contributed by atoms with Crippen LogP contribution in [-0.2, 0) is 22.5 Å². The SMILES string of the molecule is [CH]c1ccc2nc(N3CC[S+]([O-])c4ccccc4C3)nc(NCC3(CN)COC3)c2c1. The van der Waals surface area contributed by atoms with Crippen LogP contribution in [0.1, 0.15) is 11.1 Å². The Morgan fingerprint density at radius 3 is 2.84 bits per heavy atom. The Morgan fingerprint density at radius 2 is 2.06 bits per heavy atom. The van der Waals surface area contributed by atoms with Gasteiger partial charge in [-0.25, -0.2) is 4.98 Å². The van der Waals surface area contributed by atoms with Crippen molar-refractivity contribution < 1.29 is 9.29 Å².